The minimum absolute atomic E-state index is 0.00551. The average Bonchev–Trinajstić information content (AvgIpc) is 3.39. The van der Waals surface area contributed by atoms with E-state index in [0.29, 0.717) is 0 Å². The summed E-state index contributed by atoms with van der Waals surface area (Å²) in [7, 11) is 2.96. The van der Waals surface area contributed by atoms with Crippen molar-refractivity contribution in [3.8, 4) is 0 Å². The van der Waals surface area contributed by atoms with Crippen molar-refractivity contribution in [1.29, 1.82) is 0 Å². The molecule has 2 aliphatic rings. The molecule has 0 aromatic heterocycles. The maximum Gasteiger partial charge on any atom is 0.311 e. The van der Waals surface area contributed by atoms with E-state index >= 15 is 0 Å². The van der Waals surface area contributed by atoms with Gasteiger partial charge in [-0.25, -0.2) is 0 Å². The van der Waals surface area contributed by atoms with Crippen molar-refractivity contribution < 1.29 is 19.1 Å². The summed E-state index contributed by atoms with van der Waals surface area (Å²) >= 11 is 9.96. The third kappa shape index (κ3) is 11.2. The second-order valence-electron chi connectivity index (χ2n) is 7.01. The molecule has 0 aromatic carbocycles. The van der Waals surface area contributed by atoms with E-state index in [-0.39, 0.29) is 23.3 Å². The van der Waals surface area contributed by atoms with Crippen molar-refractivity contribution in [2.24, 2.45) is 11.3 Å². The third-order valence-corrected chi connectivity index (χ3v) is 6.81. The number of carbonyl (C=O) groups excluding carboxylic acids is 2. The second-order valence-corrected chi connectivity index (χ2v) is 9.39. The zero-order valence-corrected chi connectivity index (χ0v) is 21.5. The summed E-state index contributed by atoms with van der Waals surface area (Å²) in [6, 6.07) is 0. The van der Waals surface area contributed by atoms with Gasteiger partial charge in [0.2, 0.25) is 0 Å². The molecule has 4 nitrogen and oxygen atoms in total. The zero-order chi connectivity index (χ0) is 20.5. The second kappa shape index (κ2) is 17.3. The van der Waals surface area contributed by atoms with Crippen LogP contribution in [0.3, 0.4) is 0 Å². The Kier molecular flexibility index (Phi) is 17.5. The van der Waals surface area contributed by atoms with Crippen LogP contribution in [-0.4, -0.2) is 42.1 Å². The highest BCUT2D eigenvalue weighted by atomic mass is 79.9. The molecule has 0 heterocycles. The molecule has 0 spiro atoms. The smallest absolute Gasteiger partial charge is 0.311 e. The van der Waals surface area contributed by atoms with E-state index in [1.165, 1.54) is 46.3 Å². The lowest BCUT2D eigenvalue weighted by Crippen LogP contribution is -2.29. The van der Waals surface area contributed by atoms with Gasteiger partial charge >= 0.3 is 11.9 Å². The number of carbonyl (C=O) groups is 2. The summed E-state index contributed by atoms with van der Waals surface area (Å²) in [5.74, 6) is 0.202. The van der Waals surface area contributed by atoms with Crippen LogP contribution in [0.1, 0.15) is 70.6 Å². The van der Waals surface area contributed by atoms with E-state index in [4.69, 9.17) is 4.74 Å². The Bertz CT molecular complexity index is 391. The number of hydrogen-bond acceptors (Lipinski definition) is 4. The van der Waals surface area contributed by atoms with E-state index in [1.54, 1.807) is 0 Å². The zero-order valence-electron chi connectivity index (χ0n) is 16.7. The first kappa shape index (κ1) is 27.4. The van der Waals surface area contributed by atoms with Crippen molar-refractivity contribution in [2.45, 2.75) is 70.6 Å². The number of ether oxygens (including phenoxy) is 2. The minimum Gasteiger partial charge on any atom is -0.469 e. The van der Waals surface area contributed by atoms with Gasteiger partial charge in [0.25, 0.3) is 0 Å². The normalized spacial score (nSPS) is 18.0. The molecule has 27 heavy (non-hydrogen) atoms. The SMILES string of the molecule is BrCCCBr.COC(=O)C1(CCCBr)CCCC1.COC(=O)C1CCCC1. The molecule has 0 unspecified atom stereocenters. The van der Waals surface area contributed by atoms with Crippen molar-refractivity contribution >= 4 is 59.7 Å². The molecular formula is C20H35Br3O4. The molecule has 0 aromatic rings. The van der Waals surface area contributed by atoms with Crippen LogP contribution < -0.4 is 0 Å². The van der Waals surface area contributed by atoms with E-state index in [2.05, 4.69) is 52.5 Å². The summed E-state index contributed by atoms with van der Waals surface area (Å²) < 4.78 is 9.48. The van der Waals surface area contributed by atoms with Crippen molar-refractivity contribution in [3.05, 3.63) is 0 Å². The van der Waals surface area contributed by atoms with Crippen LogP contribution in [0.4, 0.5) is 0 Å². The molecule has 0 bridgehead atoms. The highest BCUT2D eigenvalue weighted by Gasteiger charge is 2.41. The average molecular weight is 579 g/mol. The number of rotatable bonds is 7. The summed E-state index contributed by atoms with van der Waals surface area (Å²) in [4.78, 5) is 22.4. The Morgan fingerprint density at radius 3 is 1.74 bits per heavy atom. The lowest BCUT2D eigenvalue weighted by Gasteiger charge is -2.25. The Balaban J connectivity index is 0.000000419. The molecule has 0 amide bonds. The number of halogens is 3. The van der Waals surface area contributed by atoms with Crippen molar-refractivity contribution in [3.63, 3.8) is 0 Å². The largest absolute Gasteiger partial charge is 0.469 e. The van der Waals surface area contributed by atoms with Crippen LogP contribution in [-0.2, 0) is 19.1 Å². The standard InChI is InChI=1S/C10H17BrO2.C7H12O2.C3H6Br2/c1-13-9(12)10(7-4-8-11)5-2-3-6-10;1-9-7(8)6-4-2-3-5-6;4-2-1-3-5/h2-8H2,1H3;6H,2-5H2,1H3;1-3H2. The molecule has 0 saturated heterocycles. The summed E-state index contributed by atoms with van der Waals surface area (Å²) in [6.07, 6.45) is 12.1. The summed E-state index contributed by atoms with van der Waals surface area (Å²) in [5.41, 5.74) is -0.136. The first-order valence-corrected chi connectivity index (χ1v) is 13.2. The van der Waals surface area contributed by atoms with Gasteiger partial charge in [0.1, 0.15) is 0 Å². The van der Waals surface area contributed by atoms with Gasteiger partial charge in [-0.1, -0.05) is 73.5 Å². The number of alkyl halides is 3. The van der Waals surface area contributed by atoms with Crippen LogP contribution >= 0.6 is 47.8 Å². The molecule has 0 N–H and O–H groups in total. The topological polar surface area (TPSA) is 52.6 Å². The Labute approximate surface area is 190 Å². The molecule has 0 radical (unpaired) electrons. The van der Waals surface area contributed by atoms with Gasteiger partial charge in [0, 0.05) is 16.0 Å². The lowest BCUT2D eigenvalue weighted by atomic mass is 9.82. The van der Waals surface area contributed by atoms with Gasteiger partial charge in [0.05, 0.1) is 25.6 Å². The summed E-state index contributed by atoms with van der Waals surface area (Å²) in [5, 5.41) is 3.20. The predicted molar refractivity (Wildman–Crippen MR) is 122 cm³/mol. The number of methoxy groups -OCH3 is 2. The van der Waals surface area contributed by atoms with Crippen molar-refractivity contribution in [2.75, 3.05) is 30.2 Å². The maximum absolute atomic E-state index is 11.6. The van der Waals surface area contributed by atoms with Gasteiger partial charge < -0.3 is 9.47 Å². The van der Waals surface area contributed by atoms with E-state index < -0.39 is 0 Å². The Hall–Kier alpha value is 0.380. The molecule has 7 heteroatoms. The number of esters is 2. The fourth-order valence-corrected chi connectivity index (χ4v) is 5.20. The first-order chi connectivity index (χ1) is 13.0. The molecule has 0 atom stereocenters. The Morgan fingerprint density at radius 2 is 1.37 bits per heavy atom. The predicted octanol–water partition coefficient (Wildman–Crippen LogP) is 6.41. The fourth-order valence-electron chi connectivity index (χ4n) is 3.61. The molecule has 160 valence electrons. The number of hydrogen-bond donors (Lipinski definition) is 0. The van der Waals surface area contributed by atoms with Crippen LogP contribution in [0.15, 0.2) is 0 Å². The highest BCUT2D eigenvalue weighted by Crippen LogP contribution is 2.43. The van der Waals surface area contributed by atoms with Gasteiger partial charge in [-0.05, 0) is 44.9 Å². The Morgan fingerprint density at radius 1 is 0.852 bits per heavy atom. The minimum atomic E-state index is -0.136. The van der Waals surface area contributed by atoms with Gasteiger partial charge in [-0.15, -0.1) is 0 Å². The van der Waals surface area contributed by atoms with E-state index in [1.807, 2.05) is 0 Å². The molecule has 2 aliphatic carbocycles. The van der Waals surface area contributed by atoms with Gasteiger partial charge in [0.15, 0.2) is 0 Å². The third-order valence-electron chi connectivity index (χ3n) is 5.12. The maximum atomic E-state index is 11.6. The van der Waals surface area contributed by atoms with Crippen LogP contribution in [0.2, 0.25) is 0 Å². The van der Waals surface area contributed by atoms with Crippen LogP contribution in [0, 0.1) is 11.3 Å². The van der Waals surface area contributed by atoms with E-state index in [9.17, 15) is 9.59 Å². The van der Waals surface area contributed by atoms with Crippen LogP contribution in [0.5, 0.6) is 0 Å². The quantitative estimate of drug-likeness (QED) is 0.259. The lowest BCUT2D eigenvalue weighted by molar-refractivity contribution is -0.153. The molecule has 2 rings (SSSR count). The van der Waals surface area contributed by atoms with Crippen LogP contribution in [0.25, 0.3) is 0 Å². The van der Waals surface area contributed by atoms with Gasteiger partial charge in [-0.3, -0.25) is 9.59 Å². The molecule has 0 aliphatic heterocycles. The van der Waals surface area contributed by atoms with Gasteiger partial charge in [-0.2, -0.15) is 0 Å². The highest BCUT2D eigenvalue weighted by molar-refractivity contribution is 9.09. The summed E-state index contributed by atoms with van der Waals surface area (Å²) in [6.45, 7) is 0. The molecular weight excluding hydrogens is 544 g/mol. The first-order valence-electron chi connectivity index (χ1n) is 9.85. The fraction of sp³-hybridized carbons (Fsp3) is 0.900. The van der Waals surface area contributed by atoms with E-state index in [0.717, 1.165) is 54.5 Å². The monoisotopic (exact) mass is 576 g/mol. The van der Waals surface area contributed by atoms with Crippen molar-refractivity contribution in [1.82, 2.24) is 0 Å². The molecule has 2 saturated carbocycles. The molecule has 2 fully saturated rings.